The van der Waals surface area contributed by atoms with Crippen molar-refractivity contribution in [3.05, 3.63) is 35.9 Å². The third-order valence-electron chi connectivity index (χ3n) is 2.33. The van der Waals surface area contributed by atoms with Gasteiger partial charge in [-0.2, -0.15) is 0 Å². The van der Waals surface area contributed by atoms with E-state index < -0.39 is 0 Å². The van der Waals surface area contributed by atoms with E-state index in [1.807, 2.05) is 6.07 Å². The molecule has 15 heavy (non-hydrogen) atoms. The molecule has 1 aromatic rings. The summed E-state index contributed by atoms with van der Waals surface area (Å²) in [5.74, 6) is 0.703. The van der Waals surface area contributed by atoms with E-state index in [9.17, 15) is 0 Å². The third-order valence-corrected chi connectivity index (χ3v) is 2.52. The maximum absolute atomic E-state index is 5.73. The molecule has 3 heteroatoms. The van der Waals surface area contributed by atoms with Crippen LogP contribution in [0.15, 0.2) is 30.3 Å². The van der Waals surface area contributed by atoms with Crippen LogP contribution in [0.5, 0.6) is 0 Å². The predicted molar refractivity (Wildman–Crippen MR) is 69.9 cm³/mol. The summed E-state index contributed by atoms with van der Waals surface area (Å²) in [7, 11) is 0. The molecule has 0 unspecified atom stereocenters. The summed E-state index contributed by atoms with van der Waals surface area (Å²) in [5.41, 5.74) is 1.44. The second-order valence-electron chi connectivity index (χ2n) is 4.16. The van der Waals surface area contributed by atoms with Crippen LogP contribution < -0.4 is 5.32 Å². The van der Waals surface area contributed by atoms with E-state index in [1.54, 1.807) is 0 Å². The zero-order valence-electron chi connectivity index (χ0n) is 9.29. The molecule has 1 nitrogen and oxygen atoms in total. The van der Waals surface area contributed by atoms with E-state index in [2.05, 4.69) is 43.4 Å². The molecule has 0 atom stereocenters. The van der Waals surface area contributed by atoms with E-state index in [0.717, 1.165) is 13.0 Å². The van der Waals surface area contributed by atoms with Crippen molar-refractivity contribution in [3.63, 3.8) is 0 Å². The van der Waals surface area contributed by atoms with Crippen LogP contribution in [-0.4, -0.2) is 11.4 Å². The van der Waals surface area contributed by atoms with Crippen molar-refractivity contribution in [1.29, 1.82) is 0 Å². The highest BCUT2D eigenvalue weighted by Gasteiger charge is 2.15. The third kappa shape index (κ3) is 6.03. The molecule has 1 aromatic carbocycles. The first-order chi connectivity index (χ1) is 6.64. The van der Waals surface area contributed by atoms with Crippen LogP contribution in [0.1, 0.15) is 25.8 Å². The van der Waals surface area contributed by atoms with Gasteiger partial charge in [-0.05, 0) is 25.8 Å². The van der Waals surface area contributed by atoms with Crippen LogP contribution in [0.3, 0.4) is 0 Å². The summed E-state index contributed by atoms with van der Waals surface area (Å²) < 4.78 is 0. The van der Waals surface area contributed by atoms with Gasteiger partial charge >= 0.3 is 0 Å². The molecule has 1 N–H and O–H groups in total. The fourth-order valence-electron chi connectivity index (χ4n) is 1.26. The summed E-state index contributed by atoms with van der Waals surface area (Å²) in [5, 5.41) is 3.49. The van der Waals surface area contributed by atoms with E-state index in [0.29, 0.717) is 5.88 Å². The quantitative estimate of drug-likeness (QED) is 0.785. The highest BCUT2D eigenvalue weighted by molar-refractivity contribution is 6.17. The average molecular weight is 248 g/mol. The normalized spacial score (nSPS) is 10.9. The van der Waals surface area contributed by atoms with Gasteiger partial charge in [0.05, 0.1) is 0 Å². The Bertz CT molecular complexity index is 260. The molecule has 0 saturated carbocycles. The number of alkyl halides is 1. The van der Waals surface area contributed by atoms with Gasteiger partial charge in [0, 0.05) is 18.0 Å². The van der Waals surface area contributed by atoms with Crippen LogP contribution in [0.4, 0.5) is 0 Å². The average Bonchev–Trinajstić information content (AvgIpc) is 2.17. The molecule has 0 heterocycles. The molecular weight excluding hydrogens is 229 g/mol. The van der Waals surface area contributed by atoms with Gasteiger partial charge in [-0.25, -0.2) is 0 Å². The van der Waals surface area contributed by atoms with Gasteiger partial charge in [-0.3, -0.25) is 0 Å². The summed E-state index contributed by atoms with van der Waals surface area (Å²) in [6, 6.07) is 10.4. The van der Waals surface area contributed by atoms with Gasteiger partial charge < -0.3 is 5.32 Å². The molecule has 86 valence electrons. The van der Waals surface area contributed by atoms with E-state index >= 15 is 0 Å². The van der Waals surface area contributed by atoms with Crippen LogP contribution in [0.25, 0.3) is 0 Å². The highest BCUT2D eigenvalue weighted by Crippen LogP contribution is 2.10. The van der Waals surface area contributed by atoms with Crippen molar-refractivity contribution < 1.29 is 0 Å². The lowest BCUT2D eigenvalue weighted by atomic mass is 10.0. The lowest BCUT2D eigenvalue weighted by molar-refractivity contribution is 0.376. The van der Waals surface area contributed by atoms with Crippen LogP contribution >= 0.6 is 24.0 Å². The Balaban J connectivity index is 0.00000196. The number of halogens is 2. The topological polar surface area (TPSA) is 12.0 Å². The predicted octanol–water partition coefficient (Wildman–Crippen LogP) is 3.61. The maximum atomic E-state index is 5.73. The summed E-state index contributed by atoms with van der Waals surface area (Å²) >= 11 is 5.73. The van der Waals surface area contributed by atoms with Crippen LogP contribution in [0, 0.1) is 0 Å². The molecule has 0 saturated heterocycles. The maximum Gasteiger partial charge on any atom is 0.0240 e. The molecule has 0 aromatic heterocycles. The van der Waals surface area contributed by atoms with Crippen molar-refractivity contribution in [2.75, 3.05) is 5.88 Å². The monoisotopic (exact) mass is 247 g/mol. The van der Waals surface area contributed by atoms with Gasteiger partial charge in [0.25, 0.3) is 0 Å². The molecule has 1 rings (SSSR count). The molecule has 0 aliphatic heterocycles. The Morgan fingerprint density at radius 3 is 2.33 bits per heavy atom. The Morgan fingerprint density at radius 1 is 1.20 bits per heavy atom. The van der Waals surface area contributed by atoms with Crippen molar-refractivity contribution in [3.8, 4) is 0 Å². The van der Waals surface area contributed by atoms with Gasteiger partial charge in [0.15, 0.2) is 0 Å². The molecule has 0 bridgehead atoms. The Morgan fingerprint density at radius 2 is 1.80 bits per heavy atom. The second kappa shape index (κ2) is 7.10. The largest absolute Gasteiger partial charge is 0.308 e. The minimum Gasteiger partial charge on any atom is -0.308 e. The van der Waals surface area contributed by atoms with Crippen molar-refractivity contribution >= 4 is 24.0 Å². The standard InChI is InChI=1S/C12H18ClN.ClH/c1-12(2,8-9-13)14-10-11-6-4-3-5-7-11;/h3-7,14H,8-10H2,1-2H3;1H. The van der Waals surface area contributed by atoms with E-state index in [1.165, 1.54) is 5.56 Å². The molecule has 0 amide bonds. The number of nitrogens with one attached hydrogen (secondary N) is 1. The van der Waals surface area contributed by atoms with Gasteiger partial charge in [0.1, 0.15) is 0 Å². The molecular formula is C12H19Cl2N. The van der Waals surface area contributed by atoms with Crippen molar-refractivity contribution in [1.82, 2.24) is 5.32 Å². The Hall–Kier alpha value is -0.240. The summed E-state index contributed by atoms with van der Waals surface area (Å²) in [6.07, 6.45) is 0.987. The highest BCUT2D eigenvalue weighted by atomic mass is 35.5. The summed E-state index contributed by atoms with van der Waals surface area (Å²) in [4.78, 5) is 0. The Labute approximate surface area is 104 Å². The molecule has 0 fully saturated rings. The molecule has 0 aliphatic rings. The fourth-order valence-corrected chi connectivity index (χ4v) is 1.73. The lowest BCUT2D eigenvalue weighted by Crippen LogP contribution is -2.38. The number of benzene rings is 1. The van der Waals surface area contributed by atoms with Gasteiger partial charge in [0.2, 0.25) is 0 Å². The van der Waals surface area contributed by atoms with E-state index in [-0.39, 0.29) is 17.9 Å². The zero-order chi connectivity index (χ0) is 10.4. The first-order valence-corrected chi connectivity index (χ1v) is 5.52. The SMILES string of the molecule is CC(C)(CCCl)NCc1ccccc1.Cl. The number of rotatable bonds is 5. The number of hydrogen-bond acceptors (Lipinski definition) is 1. The van der Waals surface area contributed by atoms with Crippen LogP contribution in [0.2, 0.25) is 0 Å². The first-order valence-electron chi connectivity index (χ1n) is 4.99. The molecule has 0 aliphatic carbocycles. The molecule has 0 radical (unpaired) electrons. The smallest absolute Gasteiger partial charge is 0.0240 e. The summed E-state index contributed by atoms with van der Waals surface area (Å²) in [6.45, 7) is 5.27. The van der Waals surface area contributed by atoms with Crippen molar-refractivity contribution in [2.45, 2.75) is 32.4 Å². The Kier molecular flexibility index (Phi) is 6.99. The van der Waals surface area contributed by atoms with Gasteiger partial charge in [-0.15, -0.1) is 24.0 Å². The number of hydrogen-bond donors (Lipinski definition) is 1. The molecule has 0 spiro atoms. The first kappa shape index (κ1) is 14.8. The minimum atomic E-state index is 0. The zero-order valence-corrected chi connectivity index (χ0v) is 10.9. The van der Waals surface area contributed by atoms with Crippen molar-refractivity contribution in [2.24, 2.45) is 0 Å². The van der Waals surface area contributed by atoms with Gasteiger partial charge in [-0.1, -0.05) is 30.3 Å². The van der Waals surface area contributed by atoms with E-state index in [4.69, 9.17) is 11.6 Å². The second-order valence-corrected chi connectivity index (χ2v) is 4.54. The van der Waals surface area contributed by atoms with Crippen LogP contribution in [-0.2, 0) is 6.54 Å². The lowest BCUT2D eigenvalue weighted by Gasteiger charge is -2.25. The fraction of sp³-hybridized carbons (Fsp3) is 0.500. The minimum absolute atomic E-state index is 0.